The van der Waals surface area contributed by atoms with Crippen LogP contribution in [0.3, 0.4) is 0 Å². The first kappa shape index (κ1) is 12.9. The molecule has 0 fully saturated rings. The molecule has 0 rings (SSSR count). The van der Waals surface area contributed by atoms with Gasteiger partial charge in [-0.15, -0.1) is 0 Å². The fourth-order valence-electron chi connectivity index (χ4n) is 0.357. The zero-order chi connectivity index (χ0) is 10.9. The van der Waals surface area contributed by atoms with Gasteiger partial charge in [-0.25, -0.2) is 0 Å². The third kappa shape index (κ3) is 3.67. The maximum atomic E-state index is 12.0. The smallest absolute Gasteiger partial charge is 0.315 e. The minimum absolute atomic E-state index is 2.58. The quantitative estimate of drug-likeness (QED) is 0.525. The van der Waals surface area contributed by atoms with Crippen LogP contribution in [0.25, 0.3) is 0 Å². The third-order valence-corrected chi connectivity index (χ3v) is 2.16. The second-order valence-corrected chi connectivity index (χ2v) is 4.05. The highest BCUT2D eigenvalue weighted by molar-refractivity contribution is 7.81. The second-order valence-electron chi connectivity index (χ2n) is 1.92. The van der Waals surface area contributed by atoms with Crippen LogP contribution in [0.2, 0.25) is 0 Å². The summed E-state index contributed by atoms with van der Waals surface area (Å²) in [6.07, 6.45) is -2.58. The van der Waals surface area contributed by atoms with Crippen LogP contribution in [0, 0.1) is 0 Å². The Balaban J connectivity index is 4.61. The summed E-state index contributed by atoms with van der Waals surface area (Å²) in [5.41, 5.74) is 0. The van der Waals surface area contributed by atoms with E-state index in [-0.39, 0.29) is 0 Å². The Labute approximate surface area is 74.9 Å². The van der Waals surface area contributed by atoms with Crippen LogP contribution in [0.15, 0.2) is 0 Å². The third-order valence-electron chi connectivity index (χ3n) is 0.899. The highest BCUT2D eigenvalue weighted by atomic mass is 32.2. The molecule has 2 unspecified atom stereocenters. The van der Waals surface area contributed by atoms with E-state index in [1.165, 1.54) is 0 Å². The van der Waals surface area contributed by atoms with Gasteiger partial charge in [0.25, 0.3) is 0 Å². The molecule has 0 radical (unpaired) electrons. The molecule has 0 saturated heterocycles. The molecule has 0 aromatic heterocycles. The minimum atomic E-state index is -4.76. The fourth-order valence-corrected chi connectivity index (χ4v) is 1.05. The molecule has 0 aromatic rings. The summed E-state index contributed by atoms with van der Waals surface area (Å²) in [7, 11) is 0. The van der Waals surface area contributed by atoms with E-state index >= 15 is 0 Å². The summed E-state index contributed by atoms with van der Waals surface area (Å²) >= 11 is -8.15. The number of hydrogen-bond donors (Lipinski definition) is 0. The standard InChI is InChI=1S/C3H4F4O4S2/c4-2(5,12(8)9)1-3(6,7)13(10)11/h1H2,(H,8,9)(H,10,11)/p-2. The van der Waals surface area contributed by atoms with E-state index in [1.54, 1.807) is 0 Å². The predicted molar refractivity (Wildman–Crippen MR) is 32.4 cm³/mol. The van der Waals surface area contributed by atoms with Crippen molar-refractivity contribution in [3.8, 4) is 0 Å². The Morgan fingerprint density at radius 1 is 0.923 bits per heavy atom. The van der Waals surface area contributed by atoms with Crippen molar-refractivity contribution in [1.29, 1.82) is 0 Å². The molecule has 0 amide bonds. The van der Waals surface area contributed by atoms with E-state index in [1.807, 2.05) is 0 Å². The van der Waals surface area contributed by atoms with Gasteiger partial charge in [-0.05, 0) is 0 Å². The Bertz CT molecular complexity index is 218. The first-order chi connectivity index (χ1) is 5.59. The molecule has 0 aliphatic carbocycles. The summed E-state index contributed by atoms with van der Waals surface area (Å²) < 4.78 is 86.7. The molecule has 4 nitrogen and oxygen atoms in total. The zero-order valence-electron chi connectivity index (χ0n) is 5.67. The fraction of sp³-hybridized carbons (Fsp3) is 1.00. The summed E-state index contributed by atoms with van der Waals surface area (Å²) in [6, 6.07) is 0. The summed E-state index contributed by atoms with van der Waals surface area (Å²) in [4.78, 5) is 0. The summed E-state index contributed by atoms with van der Waals surface area (Å²) in [6.45, 7) is 0. The van der Waals surface area contributed by atoms with E-state index in [0.717, 1.165) is 0 Å². The van der Waals surface area contributed by atoms with Crippen LogP contribution >= 0.6 is 0 Å². The lowest BCUT2D eigenvalue weighted by molar-refractivity contribution is -0.0173. The maximum Gasteiger partial charge on any atom is 0.315 e. The van der Waals surface area contributed by atoms with Gasteiger partial charge in [0.15, 0.2) is 0 Å². The SMILES string of the molecule is O=S([O-])C(F)(F)CC(F)(F)S(=O)[O-]. The molecule has 13 heavy (non-hydrogen) atoms. The molecule has 0 spiro atoms. The highest BCUT2D eigenvalue weighted by Gasteiger charge is 2.45. The van der Waals surface area contributed by atoms with Gasteiger partial charge < -0.3 is 9.11 Å². The van der Waals surface area contributed by atoms with Crippen molar-refractivity contribution in [3.63, 3.8) is 0 Å². The first-order valence-electron chi connectivity index (χ1n) is 2.54. The summed E-state index contributed by atoms with van der Waals surface area (Å²) in [5, 5.41) is -9.52. The van der Waals surface area contributed by atoms with Crippen molar-refractivity contribution in [3.05, 3.63) is 0 Å². The monoisotopic (exact) mass is 242 g/mol. The van der Waals surface area contributed by atoms with E-state index < -0.39 is 39.1 Å². The van der Waals surface area contributed by atoms with Crippen molar-refractivity contribution in [2.24, 2.45) is 0 Å². The van der Waals surface area contributed by atoms with Crippen LogP contribution in [0.1, 0.15) is 6.42 Å². The Hall–Kier alpha value is -0.0600. The lowest BCUT2D eigenvalue weighted by Gasteiger charge is -2.25. The van der Waals surface area contributed by atoms with Gasteiger partial charge in [-0.1, -0.05) is 0 Å². The number of hydrogen-bond acceptors (Lipinski definition) is 4. The van der Waals surface area contributed by atoms with Crippen molar-refractivity contribution < 1.29 is 35.1 Å². The molecule has 10 heteroatoms. The van der Waals surface area contributed by atoms with Crippen LogP contribution in [0.5, 0.6) is 0 Å². The van der Waals surface area contributed by atoms with Crippen LogP contribution in [-0.2, 0) is 22.2 Å². The van der Waals surface area contributed by atoms with Crippen LogP contribution < -0.4 is 0 Å². The van der Waals surface area contributed by atoms with Crippen LogP contribution in [-0.4, -0.2) is 28.0 Å². The number of halogens is 4. The molecular formula is C3H2F4O4S2-2. The molecular weight excluding hydrogens is 240 g/mol. The van der Waals surface area contributed by atoms with Crippen molar-refractivity contribution in [2.45, 2.75) is 16.9 Å². The molecule has 0 aromatic carbocycles. The molecule has 0 bridgehead atoms. The van der Waals surface area contributed by atoms with E-state index in [9.17, 15) is 35.1 Å². The van der Waals surface area contributed by atoms with Gasteiger partial charge in [0.05, 0.1) is 6.42 Å². The first-order valence-corrected chi connectivity index (χ1v) is 4.69. The van der Waals surface area contributed by atoms with Crippen molar-refractivity contribution >= 4 is 22.2 Å². The average Bonchev–Trinajstić information content (AvgIpc) is 1.83. The minimum Gasteiger partial charge on any atom is -0.768 e. The Morgan fingerprint density at radius 2 is 1.15 bits per heavy atom. The van der Waals surface area contributed by atoms with Gasteiger partial charge in [0, 0.05) is 22.2 Å². The molecule has 2 atom stereocenters. The van der Waals surface area contributed by atoms with Crippen molar-refractivity contribution in [2.75, 3.05) is 0 Å². The number of alkyl halides is 4. The molecule has 0 heterocycles. The predicted octanol–water partition coefficient (Wildman–Crippen LogP) is 0.320. The van der Waals surface area contributed by atoms with E-state index in [2.05, 4.69) is 0 Å². The zero-order valence-corrected chi connectivity index (χ0v) is 7.30. The Morgan fingerprint density at radius 3 is 1.31 bits per heavy atom. The lowest BCUT2D eigenvalue weighted by atomic mass is 10.5. The molecule has 80 valence electrons. The van der Waals surface area contributed by atoms with Gasteiger partial charge in [0.2, 0.25) is 0 Å². The van der Waals surface area contributed by atoms with Gasteiger partial charge in [-0.3, -0.25) is 8.42 Å². The van der Waals surface area contributed by atoms with Crippen LogP contribution in [0.4, 0.5) is 17.6 Å². The lowest BCUT2D eigenvalue weighted by Crippen LogP contribution is -2.35. The molecule has 0 saturated carbocycles. The van der Waals surface area contributed by atoms with Gasteiger partial charge in [-0.2, -0.15) is 17.6 Å². The Kier molecular flexibility index (Phi) is 3.97. The second kappa shape index (κ2) is 3.98. The maximum absolute atomic E-state index is 12.0. The van der Waals surface area contributed by atoms with Crippen molar-refractivity contribution in [1.82, 2.24) is 0 Å². The van der Waals surface area contributed by atoms with E-state index in [4.69, 9.17) is 0 Å². The highest BCUT2D eigenvalue weighted by Crippen LogP contribution is 2.33. The largest absolute Gasteiger partial charge is 0.768 e. The molecule has 0 aliphatic heterocycles. The normalized spacial score (nSPS) is 18.3. The van der Waals surface area contributed by atoms with Gasteiger partial charge >= 0.3 is 10.5 Å². The van der Waals surface area contributed by atoms with E-state index in [0.29, 0.717) is 0 Å². The average molecular weight is 242 g/mol. The molecule has 0 N–H and O–H groups in total. The van der Waals surface area contributed by atoms with Gasteiger partial charge in [0.1, 0.15) is 0 Å². The topological polar surface area (TPSA) is 80.3 Å². The summed E-state index contributed by atoms with van der Waals surface area (Å²) in [5.74, 6) is 0. The number of rotatable bonds is 4. The molecule has 0 aliphatic rings.